The van der Waals surface area contributed by atoms with Crippen LogP contribution in [0.2, 0.25) is 0 Å². The third-order valence-corrected chi connectivity index (χ3v) is 2.97. The molecule has 0 bridgehead atoms. The van der Waals surface area contributed by atoms with Gasteiger partial charge in [0.2, 0.25) is 6.04 Å². The second-order valence-electron chi connectivity index (χ2n) is 4.85. The minimum atomic E-state index is -4.51. The summed E-state index contributed by atoms with van der Waals surface area (Å²) in [7, 11) is 0. The minimum absolute atomic E-state index is 0.0459. The number of hydrogen-bond donors (Lipinski definition) is 0. The van der Waals surface area contributed by atoms with E-state index in [1.165, 1.54) is 25.1 Å². The molecule has 0 amide bonds. The van der Waals surface area contributed by atoms with Gasteiger partial charge in [0.15, 0.2) is 0 Å². The Morgan fingerprint density at radius 2 is 2.09 bits per heavy atom. The average Bonchev–Trinajstić information content (AvgIpc) is 2.46. The molecule has 0 unspecified atom stereocenters. The van der Waals surface area contributed by atoms with E-state index < -0.39 is 28.7 Å². The fraction of sp³-hybridized carbons (Fsp3) is 0.400. The molecule has 0 heterocycles. The fourth-order valence-electron chi connectivity index (χ4n) is 1.82. The molecule has 1 rings (SSSR count). The standard InChI is InChI=1S/C15H16F3NO4/c1-3-23-14(20)12(7-10(2)19(21)22)8-11-5-4-6-13(9-11)15(16,17)18/h4-6,8-10H,3,7H2,1-2H3/b12-8+/t10-/m0/s1. The summed E-state index contributed by atoms with van der Waals surface area (Å²) in [4.78, 5) is 22.0. The van der Waals surface area contributed by atoms with Gasteiger partial charge in [-0.3, -0.25) is 10.1 Å². The molecule has 126 valence electrons. The van der Waals surface area contributed by atoms with Gasteiger partial charge in [0.05, 0.1) is 12.2 Å². The number of rotatable bonds is 6. The number of benzene rings is 1. The smallest absolute Gasteiger partial charge is 0.416 e. The molecular formula is C15H16F3NO4. The zero-order chi connectivity index (χ0) is 17.6. The van der Waals surface area contributed by atoms with Crippen LogP contribution in [-0.4, -0.2) is 23.5 Å². The van der Waals surface area contributed by atoms with Crippen LogP contribution in [-0.2, 0) is 15.7 Å². The number of carbonyl (C=O) groups excluding carboxylic acids is 1. The normalized spacial score (nSPS) is 13.5. The highest BCUT2D eigenvalue weighted by Crippen LogP contribution is 2.30. The molecule has 0 radical (unpaired) electrons. The predicted octanol–water partition coefficient (Wildman–Crippen LogP) is 3.71. The lowest BCUT2D eigenvalue weighted by Gasteiger charge is -2.10. The van der Waals surface area contributed by atoms with Gasteiger partial charge >= 0.3 is 12.1 Å². The fourth-order valence-corrected chi connectivity index (χ4v) is 1.82. The van der Waals surface area contributed by atoms with E-state index >= 15 is 0 Å². The highest BCUT2D eigenvalue weighted by Gasteiger charge is 2.30. The topological polar surface area (TPSA) is 69.4 Å². The van der Waals surface area contributed by atoms with Crippen LogP contribution in [0.1, 0.15) is 31.4 Å². The summed E-state index contributed by atoms with van der Waals surface area (Å²) < 4.78 is 42.9. The van der Waals surface area contributed by atoms with Gasteiger partial charge < -0.3 is 4.74 Å². The Bertz CT molecular complexity index is 611. The van der Waals surface area contributed by atoms with Gasteiger partial charge in [-0.15, -0.1) is 0 Å². The number of carbonyl (C=O) groups is 1. The van der Waals surface area contributed by atoms with E-state index in [1.54, 1.807) is 6.92 Å². The van der Waals surface area contributed by atoms with Crippen molar-refractivity contribution in [3.63, 3.8) is 0 Å². The monoisotopic (exact) mass is 331 g/mol. The van der Waals surface area contributed by atoms with Gasteiger partial charge in [-0.2, -0.15) is 13.2 Å². The van der Waals surface area contributed by atoms with E-state index in [2.05, 4.69) is 0 Å². The van der Waals surface area contributed by atoms with Gasteiger partial charge in [-0.25, -0.2) is 4.79 Å². The summed E-state index contributed by atoms with van der Waals surface area (Å²) in [5.74, 6) is -0.779. The van der Waals surface area contributed by atoms with Crippen LogP contribution in [0, 0.1) is 10.1 Å². The summed E-state index contributed by atoms with van der Waals surface area (Å²) in [5, 5.41) is 10.7. The molecule has 5 nitrogen and oxygen atoms in total. The molecule has 0 aromatic heterocycles. The largest absolute Gasteiger partial charge is 0.463 e. The molecule has 0 aliphatic rings. The number of hydrogen-bond acceptors (Lipinski definition) is 4. The molecular weight excluding hydrogens is 315 g/mol. The van der Waals surface area contributed by atoms with E-state index in [0.29, 0.717) is 0 Å². The molecule has 0 N–H and O–H groups in total. The van der Waals surface area contributed by atoms with E-state index in [-0.39, 0.29) is 24.2 Å². The molecule has 1 aromatic rings. The Kier molecular flexibility index (Phi) is 6.29. The van der Waals surface area contributed by atoms with Gasteiger partial charge in [0.1, 0.15) is 0 Å². The first kappa shape index (κ1) is 18.7. The maximum atomic E-state index is 12.7. The van der Waals surface area contributed by atoms with Gasteiger partial charge in [-0.05, 0) is 30.7 Å². The summed E-state index contributed by atoms with van der Waals surface area (Å²) in [6, 6.07) is 3.30. The van der Waals surface area contributed by atoms with Crippen LogP contribution in [0.3, 0.4) is 0 Å². The number of halogens is 3. The highest BCUT2D eigenvalue weighted by atomic mass is 19.4. The van der Waals surface area contributed by atoms with E-state index in [1.807, 2.05) is 0 Å². The Morgan fingerprint density at radius 3 is 2.61 bits per heavy atom. The van der Waals surface area contributed by atoms with Crippen LogP contribution in [0.5, 0.6) is 0 Å². The van der Waals surface area contributed by atoms with Crippen molar-refractivity contribution >= 4 is 12.0 Å². The van der Waals surface area contributed by atoms with Crippen LogP contribution in [0.4, 0.5) is 13.2 Å². The van der Waals surface area contributed by atoms with Crippen LogP contribution >= 0.6 is 0 Å². The highest BCUT2D eigenvalue weighted by molar-refractivity contribution is 5.93. The molecule has 0 aliphatic heterocycles. The minimum Gasteiger partial charge on any atom is -0.463 e. The number of nitrogens with zero attached hydrogens (tertiary/aromatic N) is 1. The second kappa shape index (κ2) is 7.75. The number of nitro groups is 1. The molecule has 1 aromatic carbocycles. The summed E-state index contributed by atoms with van der Waals surface area (Å²) in [6.07, 6.45) is -3.56. The predicted molar refractivity (Wildman–Crippen MR) is 77.1 cm³/mol. The van der Waals surface area contributed by atoms with Crippen LogP contribution < -0.4 is 0 Å². The van der Waals surface area contributed by atoms with Gasteiger partial charge in [-0.1, -0.05) is 12.1 Å². The number of ether oxygens (including phenoxy) is 1. The van der Waals surface area contributed by atoms with Gasteiger partial charge in [0, 0.05) is 23.8 Å². The molecule has 0 spiro atoms. The van der Waals surface area contributed by atoms with Crippen molar-refractivity contribution < 1.29 is 27.6 Å². The SMILES string of the molecule is CCOC(=O)/C(=C/c1cccc(C(F)(F)F)c1)C[C@H](C)[N+](=O)[O-]. The maximum Gasteiger partial charge on any atom is 0.416 e. The molecule has 23 heavy (non-hydrogen) atoms. The maximum absolute atomic E-state index is 12.7. The molecule has 0 saturated carbocycles. The second-order valence-corrected chi connectivity index (χ2v) is 4.85. The Balaban J connectivity index is 3.17. The lowest BCUT2D eigenvalue weighted by atomic mass is 10.0. The van der Waals surface area contributed by atoms with Crippen molar-refractivity contribution in [3.05, 3.63) is 51.1 Å². The molecule has 0 saturated heterocycles. The van der Waals surface area contributed by atoms with Crippen molar-refractivity contribution in [1.82, 2.24) is 0 Å². The van der Waals surface area contributed by atoms with Crippen molar-refractivity contribution in [3.8, 4) is 0 Å². The first-order valence-electron chi connectivity index (χ1n) is 6.83. The zero-order valence-electron chi connectivity index (χ0n) is 12.6. The van der Waals surface area contributed by atoms with Crippen molar-refractivity contribution in [2.24, 2.45) is 0 Å². The first-order chi connectivity index (χ1) is 10.6. The molecule has 8 heteroatoms. The Labute approximate surface area is 130 Å². The molecule has 0 fully saturated rings. The Morgan fingerprint density at radius 1 is 1.43 bits per heavy atom. The lowest BCUT2D eigenvalue weighted by molar-refractivity contribution is -0.517. The van der Waals surface area contributed by atoms with E-state index in [0.717, 1.165) is 12.1 Å². The molecule has 0 aliphatic carbocycles. The van der Waals surface area contributed by atoms with Crippen molar-refractivity contribution in [2.75, 3.05) is 6.61 Å². The van der Waals surface area contributed by atoms with Crippen molar-refractivity contribution in [1.29, 1.82) is 0 Å². The number of esters is 1. The quantitative estimate of drug-likeness (QED) is 0.345. The lowest BCUT2D eigenvalue weighted by Crippen LogP contribution is -2.19. The summed E-state index contributed by atoms with van der Waals surface area (Å²) in [6.45, 7) is 2.93. The van der Waals surface area contributed by atoms with Crippen LogP contribution in [0.25, 0.3) is 6.08 Å². The summed E-state index contributed by atoms with van der Waals surface area (Å²) >= 11 is 0. The third-order valence-electron chi connectivity index (χ3n) is 2.97. The zero-order valence-corrected chi connectivity index (χ0v) is 12.6. The van der Waals surface area contributed by atoms with E-state index in [4.69, 9.17) is 4.74 Å². The Hall–Kier alpha value is -2.38. The van der Waals surface area contributed by atoms with Crippen molar-refractivity contribution in [2.45, 2.75) is 32.5 Å². The molecule has 1 atom stereocenters. The third kappa shape index (κ3) is 5.72. The number of alkyl halides is 3. The first-order valence-corrected chi connectivity index (χ1v) is 6.83. The van der Waals surface area contributed by atoms with E-state index in [9.17, 15) is 28.1 Å². The average molecular weight is 331 g/mol. The van der Waals surface area contributed by atoms with Gasteiger partial charge in [0.25, 0.3) is 0 Å². The van der Waals surface area contributed by atoms with Crippen LogP contribution in [0.15, 0.2) is 29.8 Å². The summed E-state index contributed by atoms with van der Waals surface area (Å²) in [5.41, 5.74) is -0.786.